The second kappa shape index (κ2) is 19.0. The molecule has 2 amide bonds. The fourth-order valence-corrected chi connectivity index (χ4v) is 10.5. The zero-order chi connectivity index (χ0) is 44.4. The zero-order valence-corrected chi connectivity index (χ0v) is 37.7. The number of fused-ring (bicyclic) bond motifs is 1. The number of likely N-dealkylation sites (N-methyl/N-ethyl adjacent to an activating group) is 1. The topological polar surface area (TPSA) is 178 Å². The number of aromatic nitrogens is 1. The second-order valence-corrected chi connectivity index (χ2v) is 18.6. The van der Waals surface area contributed by atoms with Crippen molar-refractivity contribution in [3.8, 4) is 11.8 Å². The number of nitrogens with zero attached hydrogens (tertiary/aromatic N) is 4. The van der Waals surface area contributed by atoms with E-state index >= 15 is 0 Å². The van der Waals surface area contributed by atoms with E-state index in [2.05, 4.69) is 22.1 Å². The van der Waals surface area contributed by atoms with Crippen LogP contribution in [0.25, 0.3) is 0 Å². The quantitative estimate of drug-likeness (QED) is 0.202. The van der Waals surface area contributed by atoms with Gasteiger partial charge in [-0.2, -0.15) is 0 Å². The molecule has 0 saturated carbocycles. The molecule has 332 valence electrons. The molecule has 2 aromatic heterocycles. The van der Waals surface area contributed by atoms with E-state index in [-0.39, 0.29) is 42.9 Å². The summed E-state index contributed by atoms with van der Waals surface area (Å²) in [5, 5.41) is 14.5. The number of amides is 2. The predicted molar refractivity (Wildman–Crippen MR) is 229 cm³/mol. The zero-order valence-electron chi connectivity index (χ0n) is 36.9. The Kier molecular flexibility index (Phi) is 14.4. The van der Waals surface area contributed by atoms with E-state index in [1.165, 1.54) is 18.3 Å². The summed E-state index contributed by atoms with van der Waals surface area (Å²) in [4.78, 5) is 68.9. The standard InChI is InChI=1S/C45H61N5O10S/c1-11-34-45(8)38-27(4)35(47-19-20-50(38)43(55)60-45)25(2)23-44(7,56-21-13-15-31-16-17-33(61-31)40(53)48-30-14-12-18-46-24-30)39(28(5)36(51)29(6)41(54)58-34)59-42-37(52)32(49(9)10)22-26(3)57-42/h12,14,16-18,24-29,32,34,37-39,42,52H,11,19-23H2,1-10H3,(H,48,53)/t25-,26-,27+,28+,29-,32+,34-,37-,38-,39-,42+,44+,45-/m1/s1. The number of carbonyl (C=O) groups excluding carboxylic acids is 4. The third-order valence-corrected chi connectivity index (χ3v) is 13.8. The molecule has 0 aliphatic carbocycles. The number of hydrogen-bond acceptors (Lipinski definition) is 14. The lowest BCUT2D eigenvalue weighted by atomic mass is 9.73. The maximum absolute atomic E-state index is 14.6. The largest absolute Gasteiger partial charge is 0.458 e. The van der Waals surface area contributed by atoms with Gasteiger partial charge in [0.2, 0.25) is 0 Å². The summed E-state index contributed by atoms with van der Waals surface area (Å²) in [5.74, 6) is 1.94. The van der Waals surface area contributed by atoms with Gasteiger partial charge in [-0.15, -0.1) is 11.3 Å². The van der Waals surface area contributed by atoms with Crippen molar-refractivity contribution in [3.63, 3.8) is 0 Å². The van der Waals surface area contributed by atoms with Gasteiger partial charge < -0.3 is 39.0 Å². The number of cyclic esters (lactones) is 1. The molecule has 6 rings (SSSR count). The number of ether oxygens (including phenoxy) is 5. The van der Waals surface area contributed by atoms with E-state index in [9.17, 15) is 24.3 Å². The average Bonchev–Trinajstić information content (AvgIpc) is 3.74. The molecular weight excluding hydrogens is 803 g/mol. The van der Waals surface area contributed by atoms with Crippen LogP contribution < -0.4 is 5.32 Å². The number of nitrogens with one attached hydrogen (secondary N) is 1. The van der Waals surface area contributed by atoms with Gasteiger partial charge in [0.1, 0.15) is 24.7 Å². The molecule has 4 aliphatic heterocycles. The SMILES string of the molecule is CC[C@H]1OC(=O)[C@H](C)C(=O)[C@H](C)[C@@H](O[C@@H]2O[C@H](C)C[C@H](N(C)C)[C@H]2O)[C@@](C)(OCC#Cc2ccc(C(=O)Nc3cccnc3)s2)C[C@@H](C)C2=NCCN3C(=O)O[C@@]1(C)[C@H]3[C@H]2C. The van der Waals surface area contributed by atoms with E-state index in [0.29, 0.717) is 41.4 Å². The lowest BCUT2D eigenvalue weighted by Gasteiger charge is -2.47. The first-order chi connectivity index (χ1) is 28.9. The molecule has 4 aliphatic rings. The minimum absolute atomic E-state index is 0.0987. The van der Waals surface area contributed by atoms with E-state index in [4.69, 9.17) is 28.7 Å². The third-order valence-electron chi connectivity index (χ3n) is 12.8. The summed E-state index contributed by atoms with van der Waals surface area (Å²) in [6.45, 7) is 15.3. The van der Waals surface area contributed by atoms with Crippen molar-refractivity contribution >= 4 is 46.5 Å². The number of hydrogen-bond donors (Lipinski definition) is 2. The maximum atomic E-state index is 14.6. The van der Waals surface area contributed by atoms with Crippen molar-refractivity contribution in [3.05, 3.63) is 46.4 Å². The molecule has 15 nitrogen and oxygen atoms in total. The summed E-state index contributed by atoms with van der Waals surface area (Å²) in [6, 6.07) is 6.14. The monoisotopic (exact) mass is 863 g/mol. The highest BCUT2D eigenvalue weighted by molar-refractivity contribution is 7.14. The number of rotatable bonds is 8. The summed E-state index contributed by atoms with van der Waals surface area (Å²) in [5.41, 5.74) is -1.12. The van der Waals surface area contributed by atoms with Crippen LogP contribution in [-0.2, 0) is 33.3 Å². The van der Waals surface area contributed by atoms with Crippen LogP contribution in [-0.4, -0.2) is 137 Å². The van der Waals surface area contributed by atoms with Gasteiger partial charge >= 0.3 is 12.1 Å². The van der Waals surface area contributed by atoms with E-state index in [1.807, 2.05) is 53.6 Å². The van der Waals surface area contributed by atoms with Crippen LogP contribution in [0.1, 0.15) is 89.2 Å². The molecule has 2 aromatic rings. The molecule has 0 unspecified atom stereocenters. The van der Waals surface area contributed by atoms with Crippen LogP contribution in [0.3, 0.4) is 0 Å². The number of anilines is 1. The van der Waals surface area contributed by atoms with Gasteiger partial charge in [0.15, 0.2) is 17.7 Å². The Morgan fingerprint density at radius 3 is 2.56 bits per heavy atom. The normalized spacial score (nSPS) is 35.9. The molecule has 3 saturated heterocycles. The van der Waals surface area contributed by atoms with Crippen LogP contribution >= 0.6 is 11.3 Å². The number of aliphatic hydroxyl groups is 1. The molecule has 0 radical (unpaired) electrons. The summed E-state index contributed by atoms with van der Waals surface area (Å²) < 4.78 is 32.2. The Morgan fingerprint density at radius 2 is 1.87 bits per heavy atom. The summed E-state index contributed by atoms with van der Waals surface area (Å²) in [7, 11) is 3.77. The van der Waals surface area contributed by atoms with Crippen molar-refractivity contribution in [1.82, 2.24) is 14.8 Å². The lowest BCUT2D eigenvalue weighted by molar-refractivity contribution is -0.296. The fraction of sp³-hybridized carbons (Fsp3) is 0.644. The van der Waals surface area contributed by atoms with Crippen molar-refractivity contribution in [1.29, 1.82) is 0 Å². The highest BCUT2D eigenvalue weighted by atomic mass is 32.1. The summed E-state index contributed by atoms with van der Waals surface area (Å²) >= 11 is 1.23. The van der Waals surface area contributed by atoms with Crippen LogP contribution in [0.15, 0.2) is 41.7 Å². The van der Waals surface area contributed by atoms with Crippen LogP contribution in [0.5, 0.6) is 0 Å². The van der Waals surface area contributed by atoms with Gasteiger partial charge in [-0.05, 0) is 91.2 Å². The number of aliphatic hydroxyl groups excluding tert-OH is 1. The number of esters is 1. The Labute approximate surface area is 362 Å². The Balaban J connectivity index is 1.38. The molecule has 0 aromatic carbocycles. The maximum Gasteiger partial charge on any atom is 0.410 e. The van der Waals surface area contributed by atoms with Gasteiger partial charge in [-0.1, -0.05) is 39.5 Å². The molecule has 13 atom stereocenters. The smallest absolute Gasteiger partial charge is 0.410 e. The van der Waals surface area contributed by atoms with Crippen molar-refractivity contribution < 1.29 is 48.0 Å². The van der Waals surface area contributed by atoms with E-state index in [1.54, 1.807) is 55.4 Å². The Bertz CT molecular complexity index is 2020. The molecule has 2 N–H and O–H groups in total. The van der Waals surface area contributed by atoms with Gasteiger partial charge in [0, 0.05) is 36.3 Å². The number of carbonyl (C=O) groups is 4. The number of pyridine rings is 1. The van der Waals surface area contributed by atoms with Crippen LogP contribution in [0.4, 0.5) is 10.5 Å². The first kappa shape index (κ1) is 46.3. The predicted octanol–water partition coefficient (Wildman–Crippen LogP) is 5.21. The number of aliphatic imine (C=N–C) groups is 1. The first-order valence-electron chi connectivity index (χ1n) is 21.3. The molecule has 2 bridgehead atoms. The van der Waals surface area contributed by atoms with E-state index < -0.39 is 71.5 Å². The fourth-order valence-electron chi connectivity index (χ4n) is 9.73. The Morgan fingerprint density at radius 1 is 1.11 bits per heavy atom. The lowest BCUT2D eigenvalue weighted by Crippen LogP contribution is -2.60. The molecular formula is C45H61N5O10S. The summed E-state index contributed by atoms with van der Waals surface area (Å²) in [6.07, 6.45) is -0.519. The van der Waals surface area contributed by atoms with Crippen LogP contribution in [0, 0.1) is 35.5 Å². The van der Waals surface area contributed by atoms with Crippen molar-refractivity contribution in [2.45, 2.75) is 129 Å². The van der Waals surface area contributed by atoms with E-state index in [0.717, 1.165) is 5.71 Å². The highest BCUT2D eigenvalue weighted by Gasteiger charge is 2.60. The molecule has 61 heavy (non-hydrogen) atoms. The average molecular weight is 864 g/mol. The Hall–Kier alpha value is -4.24. The molecule has 16 heteroatoms. The van der Waals surface area contributed by atoms with Crippen molar-refractivity contribution in [2.75, 3.05) is 39.1 Å². The van der Waals surface area contributed by atoms with Gasteiger partial charge in [0.25, 0.3) is 5.91 Å². The molecule has 0 spiro atoms. The van der Waals surface area contributed by atoms with Gasteiger partial charge in [0.05, 0.1) is 52.0 Å². The first-order valence-corrected chi connectivity index (χ1v) is 22.1. The second-order valence-electron chi connectivity index (χ2n) is 17.5. The number of Topliss-reactive ketones (excluding diaryl/α,β-unsaturated/α-hetero) is 1. The number of thiophene rings is 1. The third kappa shape index (κ3) is 9.72. The minimum atomic E-state index is -1.30. The van der Waals surface area contributed by atoms with Gasteiger partial charge in [-0.25, -0.2) is 4.79 Å². The number of ketones is 1. The van der Waals surface area contributed by atoms with Gasteiger partial charge in [-0.3, -0.25) is 29.3 Å². The highest BCUT2D eigenvalue weighted by Crippen LogP contribution is 2.44. The van der Waals surface area contributed by atoms with Crippen molar-refractivity contribution in [2.24, 2.45) is 28.7 Å². The molecule has 6 heterocycles. The molecule has 3 fully saturated rings. The minimum Gasteiger partial charge on any atom is -0.458 e. The van der Waals surface area contributed by atoms with Crippen LogP contribution in [0.2, 0.25) is 0 Å².